The summed E-state index contributed by atoms with van der Waals surface area (Å²) in [6.07, 6.45) is 9.68. The van der Waals surface area contributed by atoms with Gasteiger partial charge in [0.05, 0.1) is 0 Å². The van der Waals surface area contributed by atoms with Crippen molar-refractivity contribution >= 4 is 0 Å². The molecule has 0 saturated carbocycles. The van der Waals surface area contributed by atoms with Gasteiger partial charge in [-0.2, -0.15) is 0 Å². The minimum Gasteiger partial charge on any atom is -0.317 e. The van der Waals surface area contributed by atoms with Gasteiger partial charge in [-0.1, -0.05) is 43.2 Å². The van der Waals surface area contributed by atoms with E-state index in [2.05, 4.69) is 40.5 Å². The molecule has 2 aliphatic rings. The van der Waals surface area contributed by atoms with Crippen molar-refractivity contribution in [3.63, 3.8) is 0 Å². The van der Waals surface area contributed by atoms with E-state index in [-0.39, 0.29) is 0 Å². The van der Waals surface area contributed by atoms with Crippen molar-refractivity contribution in [2.24, 2.45) is 5.92 Å². The van der Waals surface area contributed by atoms with Crippen LogP contribution in [0.1, 0.15) is 44.1 Å². The summed E-state index contributed by atoms with van der Waals surface area (Å²) in [5.41, 5.74) is 1.49. The maximum Gasteiger partial charge on any atom is 0.0125 e. The molecule has 1 N–H and O–H groups in total. The Morgan fingerprint density at radius 1 is 0.952 bits per heavy atom. The fourth-order valence-corrected chi connectivity index (χ4v) is 4.15. The van der Waals surface area contributed by atoms with E-state index in [1.165, 1.54) is 76.7 Å². The second-order valence-corrected chi connectivity index (χ2v) is 6.78. The van der Waals surface area contributed by atoms with Gasteiger partial charge in [0, 0.05) is 12.6 Å². The smallest absolute Gasteiger partial charge is 0.0125 e. The molecule has 2 aliphatic heterocycles. The fraction of sp³-hybridized carbons (Fsp3) is 0.684. The highest BCUT2D eigenvalue weighted by Crippen LogP contribution is 2.28. The number of hydrogen-bond acceptors (Lipinski definition) is 2. The van der Waals surface area contributed by atoms with Crippen LogP contribution in [0.3, 0.4) is 0 Å². The molecule has 116 valence electrons. The summed E-state index contributed by atoms with van der Waals surface area (Å²) in [4.78, 5) is 2.83. The molecular weight excluding hydrogens is 256 g/mol. The summed E-state index contributed by atoms with van der Waals surface area (Å²) in [6.45, 7) is 5.03. The SMILES string of the molecule is c1ccc(CCN2CCCCCC2C2CCNCC2)cc1. The Balaban J connectivity index is 1.61. The van der Waals surface area contributed by atoms with Crippen LogP contribution < -0.4 is 5.32 Å². The maximum absolute atomic E-state index is 3.52. The highest BCUT2D eigenvalue weighted by atomic mass is 15.2. The number of piperidine rings is 1. The van der Waals surface area contributed by atoms with Crippen molar-refractivity contribution < 1.29 is 0 Å². The molecule has 1 unspecified atom stereocenters. The molecule has 0 aliphatic carbocycles. The van der Waals surface area contributed by atoms with Crippen LogP contribution in [0.25, 0.3) is 0 Å². The Bertz CT molecular complexity index is 397. The van der Waals surface area contributed by atoms with E-state index in [4.69, 9.17) is 0 Å². The van der Waals surface area contributed by atoms with Crippen molar-refractivity contribution in [3.8, 4) is 0 Å². The zero-order chi connectivity index (χ0) is 14.3. The minimum absolute atomic E-state index is 0.846. The molecule has 2 fully saturated rings. The average molecular weight is 286 g/mol. The molecular formula is C19H30N2. The molecule has 2 saturated heterocycles. The Labute approximate surface area is 129 Å². The molecule has 0 spiro atoms. The van der Waals surface area contributed by atoms with Crippen LogP contribution in [0.4, 0.5) is 0 Å². The van der Waals surface area contributed by atoms with Gasteiger partial charge in [0.2, 0.25) is 0 Å². The molecule has 1 aromatic carbocycles. The number of nitrogens with one attached hydrogen (secondary N) is 1. The molecule has 1 atom stereocenters. The monoisotopic (exact) mass is 286 g/mol. The van der Waals surface area contributed by atoms with Crippen LogP contribution in [0.2, 0.25) is 0 Å². The molecule has 21 heavy (non-hydrogen) atoms. The number of likely N-dealkylation sites (tertiary alicyclic amines) is 1. The molecule has 3 rings (SSSR count). The standard InChI is InChI=1S/C19H30N2/c1-3-7-17(8-4-1)12-16-21-15-6-2-5-9-19(21)18-10-13-20-14-11-18/h1,3-4,7-8,18-20H,2,5-6,9-16H2. The predicted octanol–water partition coefficient (Wildman–Crippen LogP) is 3.47. The number of nitrogens with zero attached hydrogens (tertiary/aromatic N) is 1. The van der Waals surface area contributed by atoms with Gasteiger partial charge in [-0.15, -0.1) is 0 Å². The van der Waals surface area contributed by atoms with Gasteiger partial charge in [-0.3, -0.25) is 4.90 Å². The van der Waals surface area contributed by atoms with Gasteiger partial charge < -0.3 is 5.32 Å². The van der Waals surface area contributed by atoms with Crippen LogP contribution in [-0.2, 0) is 6.42 Å². The molecule has 0 aromatic heterocycles. The van der Waals surface area contributed by atoms with Gasteiger partial charge in [0.1, 0.15) is 0 Å². The summed E-state index contributed by atoms with van der Waals surface area (Å²) in [5, 5.41) is 3.52. The largest absolute Gasteiger partial charge is 0.317 e. The average Bonchev–Trinajstić information content (AvgIpc) is 2.80. The zero-order valence-electron chi connectivity index (χ0n) is 13.3. The van der Waals surface area contributed by atoms with E-state index < -0.39 is 0 Å². The van der Waals surface area contributed by atoms with Crippen molar-refractivity contribution in [2.75, 3.05) is 26.2 Å². The van der Waals surface area contributed by atoms with Gasteiger partial charge in [-0.05, 0) is 63.2 Å². The number of rotatable bonds is 4. The third kappa shape index (κ3) is 4.31. The summed E-state index contributed by atoms with van der Waals surface area (Å²) in [6, 6.07) is 11.9. The van der Waals surface area contributed by atoms with E-state index in [0.717, 1.165) is 12.0 Å². The van der Waals surface area contributed by atoms with Crippen molar-refractivity contribution in [1.29, 1.82) is 0 Å². The quantitative estimate of drug-likeness (QED) is 0.911. The first kappa shape index (κ1) is 15.1. The summed E-state index contributed by atoms with van der Waals surface area (Å²) < 4.78 is 0. The highest BCUT2D eigenvalue weighted by molar-refractivity contribution is 5.15. The molecule has 0 bridgehead atoms. The molecule has 1 aromatic rings. The van der Waals surface area contributed by atoms with Crippen LogP contribution in [0, 0.1) is 5.92 Å². The van der Waals surface area contributed by atoms with Gasteiger partial charge in [-0.25, -0.2) is 0 Å². The van der Waals surface area contributed by atoms with Crippen molar-refractivity contribution in [3.05, 3.63) is 35.9 Å². The Morgan fingerprint density at radius 2 is 1.76 bits per heavy atom. The normalized spacial score (nSPS) is 25.6. The summed E-state index contributed by atoms with van der Waals surface area (Å²) >= 11 is 0. The van der Waals surface area contributed by atoms with Gasteiger partial charge in [0.25, 0.3) is 0 Å². The lowest BCUT2D eigenvalue weighted by Gasteiger charge is -2.38. The van der Waals surface area contributed by atoms with Crippen LogP contribution in [0.5, 0.6) is 0 Å². The van der Waals surface area contributed by atoms with E-state index in [1.807, 2.05) is 0 Å². The number of hydrogen-bond donors (Lipinski definition) is 1. The molecule has 2 heterocycles. The highest BCUT2D eigenvalue weighted by Gasteiger charge is 2.29. The Morgan fingerprint density at radius 3 is 2.57 bits per heavy atom. The van der Waals surface area contributed by atoms with Gasteiger partial charge >= 0.3 is 0 Å². The second kappa shape index (κ2) is 7.95. The topological polar surface area (TPSA) is 15.3 Å². The molecule has 2 nitrogen and oxygen atoms in total. The van der Waals surface area contributed by atoms with Gasteiger partial charge in [0.15, 0.2) is 0 Å². The lowest BCUT2D eigenvalue weighted by Crippen LogP contribution is -2.45. The Kier molecular flexibility index (Phi) is 5.70. The van der Waals surface area contributed by atoms with Crippen LogP contribution in [0.15, 0.2) is 30.3 Å². The van der Waals surface area contributed by atoms with E-state index >= 15 is 0 Å². The molecule has 0 radical (unpaired) electrons. The lowest BCUT2D eigenvalue weighted by molar-refractivity contribution is 0.123. The number of benzene rings is 1. The fourth-order valence-electron chi connectivity index (χ4n) is 4.15. The maximum atomic E-state index is 3.52. The first-order valence-electron chi connectivity index (χ1n) is 8.92. The summed E-state index contributed by atoms with van der Waals surface area (Å²) in [5.74, 6) is 0.931. The third-order valence-corrected chi connectivity index (χ3v) is 5.37. The summed E-state index contributed by atoms with van der Waals surface area (Å²) in [7, 11) is 0. The van der Waals surface area contributed by atoms with E-state index in [1.54, 1.807) is 0 Å². The predicted molar refractivity (Wildman–Crippen MR) is 89.6 cm³/mol. The lowest BCUT2D eigenvalue weighted by atomic mass is 9.86. The first-order valence-corrected chi connectivity index (χ1v) is 8.92. The van der Waals surface area contributed by atoms with Crippen molar-refractivity contribution in [1.82, 2.24) is 10.2 Å². The van der Waals surface area contributed by atoms with Crippen molar-refractivity contribution in [2.45, 2.75) is 51.0 Å². The van der Waals surface area contributed by atoms with Crippen LogP contribution >= 0.6 is 0 Å². The minimum atomic E-state index is 0.846. The van der Waals surface area contributed by atoms with E-state index in [9.17, 15) is 0 Å². The third-order valence-electron chi connectivity index (χ3n) is 5.37. The van der Waals surface area contributed by atoms with E-state index in [0.29, 0.717) is 0 Å². The second-order valence-electron chi connectivity index (χ2n) is 6.78. The van der Waals surface area contributed by atoms with Crippen LogP contribution in [-0.4, -0.2) is 37.1 Å². The molecule has 0 amide bonds. The first-order chi connectivity index (χ1) is 10.4. The molecule has 2 heteroatoms. The zero-order valence-corrected chi connectivity index (χ0v) is 13.3. The Hall–Kier alpha value is -0.860.